The molecule has 0 aromatic carbocycles. The van der Waals surface area contributed by atoms with Gasteiger partial charge in [0.1, 0.15) is 5.76 Å². The molecule has 2 N–H and O–H groups in total. The molecule has 0 radical (unpaired) electrons. The van der Waals surface area contributed by atoms with E-state index in [1.807, 2.05) is 13.8 Å². The van der Waals surface area contributed by atoms with Crippen LogP contribution < -0.4 is 0 Å². The summed E-state index contributed by atoms with van der Waals surface area (Å²) in [5.74, 6) is -0.219. The number of aliphatic hydroxyl groups is 2. The molecule has 2 heteroatoms. The molecule has 0 aliphatic carbocycles. The van der Waals surface area contributed by atoms with E-state index in [0.717, 1.165) is 0 Å². The highest BCUT2D eigenvalue weighted by Crippen LogP contribution is 1.96. The van der Waals surface area contributed by atoms with Crippen LogP contribution in [0.4, 0.5) is 0 Å². The Morgan fingerprint density at radius 2 is 1.73 bits per heavy atom. The second-order valence-corrected chi connectivity index (χ2v) is 1.57. The molecule has 2 nitrogen and oxygen atoms in total. The standard InChI is InChI=1S/C7H10O2.C2H6/c1-3-4-5-7(9)6(2)8;1-2/h3-5,8-9H,1H2,2H3;1-2H3/b5-4-,7-6-;. The smallest absolute Gasteiger partial charge is 0.152 e. The molecule has 0 unspecified atom stereocenters. The topological polar surface area (TPSA) is 40.5 Å². The minimum Gasteiger partial charge on any atom is -0.509 e. The average molecular weight is 156 g/mol. The molecule has 0 heterocycles. The molecule has 0 aliphatic heterocycles. The lowest BCUT2D eigenvalue weighted by atomic mass is 10.4. The SMILES string of the molecule is C=C/C=C\C(O)=C(/C)O.CC. The van der Waals surface area contributed by atoms with Crippen LogP contribution in [-0.2, 0) is 0 Å². The van der Waals surface area contributed by atoms with Crippen molar-refractivity contribution < 1.29 is 10.2 Å². The zero-order valence-corrected chi connectivity index (χ0v) is 7.33. The van der Waals surface area contributed by atoms with E-state index in [9.17, 15) is 0 Å². The van der Waals surface area contributed by atoms with Gasteiger partial charge in [-0.15, -0.1) is 0 Å². The molecule has 0 aromatic heterocycles. The van der Waals surface area contributed by atoms with E-state index in [0.29, 0.717) is 0 Å². The maximum Gasteiger partial charge on any atom is 0.152 e. The zero-order chi connectivity index (χ0) is 9.28. The van der Waals surface area contributed by atoms with E-state index in [1.165, 1.54) is 25.2 Å². The van der Waals surface area contributed by atoms with Crippen molar-refractivity contribution >= 4 is 0 Å². The lowest BCUT2D eigenvalue weighted by molar-refractivity contribution is 0.340. The first-order valence-corrected chi connectivity index (χ1v) is 3.56. The fourth-order valence-corrected chi connectivity index (χ4v) is 0.280. The first-order valence-electron chi connectivity index (χ1n) is 3.56. The average Bonchev–Trinajstić information content (AvgIpc) is 2.03. The summed E-state index contributed by atoms with van der Waals surface area (Å²) < 4.78 is 0. The summed E-state index contributed by atoms with van der Waals surface area (Å²) in [7, 11) is 0. The Balaban J connectivity index is 0. The van der Waals surface area contributed by atoms with Gasteiger partial charge < -0.3 is 10.2 Å². The number of hydrogen-bond acceptors (Lipinski definition) is 2. The first kappa shape index (κ1) is 12.5. The molecule has 0 aliphatic rings. The van der Waals surface area contributed by atoms with Gasteiger partial charge in [0.15, 0.2) is 5.76 Å². The van der Waals surface area contributed by atoms with Crippen molar-refractivity contribution in [3.63, 3.8) is 0 Å². The van der Waals surface area contributed by atoms with E-state index in [-0.39, 0.29) is 11.5 Å². The van der Waals surface area contributed by atoms with E-state index in [1.54, 1.807) is 0 Å². The Hall–Kier alpha value is -1.18. The summed E-state index contributed by atoms with van der Waals surface area (Å²) in [4.78, 5) is 0. The van der Waals surface area contributed by atoms with Gasteiger partial charge in [-0.3, -0.25) is 0 Å². The van der Waals surface area contributed by atoms with Gasteiger partial charge in [0.2, 0.25) is 0 Å². The Bertz CT molecular complexity index is 151. The predicted molar refractivity (Wildman–Crippen MR) is 48.6 cm³/mol. The van der Waals surface area contributed by atoms with Crippen LogP contribution in [0.1, 0.15) is 20.8 Å². The number of allylic oxidation sites excluding steroid dienone is 4. The molecule has 0 rings (SSSR count). The fraction of sp³-hybridized carbons (Fsp3) is 0.333. The molecule has 0 saturated heterocycles. The number of hydrogen-bond donors (Lipinski definition) is 2. The van der Waals surface area contributed by atoms with Crippen LogP contribution in [0.15, 0.2) is 36.3 Å². The maximum atomic E-state index is 8.75. The normalized spacial score (nSPS) is 11.5. The highest BCUT2D eigenvalue weighted by Gasteiger charge is 1.87. The Kier molecular flexibility index (Phi) is 10.0. The minimum atomic E-state index is -0.130. The van der Waals surface area contributed by atoms with Crippen molar-refractivity contribution in [2.45, 2.75) is 20.8 Å². The monoisotopic (exact) mass is 156 g/mol. The summed E-state index contributed by atoms with van der Waals surface area (Å²) in [6.07, 6.45) is 4.41. The summed E-state index contributed by atoms with van der Waals surface area (Å²) in [6.45, 7) is 8.80. The second kappa shape index (κ2) is 8.82. The third-order valence-electron chi connectivity index (χ3n) is 0.761. The van der Waals surface area contributed by atoms with Gasteiger partial charge >= 0.3 is 0 Å². The number of aliphatic hydroxyl groups excluding tert-OH is 2. The van der Waals surface area contributed by atoms with Gasteiger partial charge in [-0.2, -0.15) is 0 Å². The van der Waals surface area contributed by atoms with Crippen LogP contribution in [0.25, 0.3) is 0 Å². The highest BCUT2D eigenvalue weighted by molar-refractivity contribution is 5.16. The molecule has 0 fully saturated rings. The molecule has 0 amide bonds. The van der Waals surface area contributed by atoms with Gasteiger partial charge in [0, 0.05) is 0 Å². The van der Waals surface area contributed by atoms with Crippen molar-refractivity contribution in [2.75, 3.05) is 0 Å². The van der Waals surface area contributed by atoms with Gasteiger partial charge in [-0.05, 0) is 13.0 Å². The lowest BCUT2D eigenvalue weighted by Gasteiger charge is -1.89. The van der Waals surface area contributed by atoms with E-state index >= 15 is 0 Å². The molecule has 0 saturated carbocycles. The molecule has 0 spiro atoms. The van der Waals surface area contributed by atoms with Crippen LogP contribution in [0.2, 0.25) is 0 Å². The molecule has 11 heavy (non-hydrogen) atoms. The van der Waals surface area contributed by atoms with Crippen LogP contribution in [-0.4, -0.2) is 10.2 Å². The Morgan fingerprint density at radius 1 is 1.27 bits per heavy atom. The van der Waals surface area contributed by atoms with Gasteiger partial charge in [0.25, 0.3) is 0 Å². The first-order chi connectivity index (χ1) is 5.18. The highest BCUT2D eigenvalue weighted by atomic mass is 16.3. The Morgan fingerprint density at radius 3 is 2.00 bits per heavy atom. The summed E-state index contributed by atoms with van der Waals surface area (Å²) in [5, 5.41) is 17.3. The summed E-state index contributed by atoms with van der Waals surface area (Å²) >= 11 is 0. The van der Waals surface area contributed by atoms with Crippen molar-refractivity contribution in [2.24, 2.45) is 0 Å². The third-order valence-corrected chi connectivity index (χ3v) is 0.761. The van der Waals surface area contributed by atoms with E-state index in [2.05, 4.69) is 6.58 Å². The quantitative estimate of drug-likeness (QED) is 0.476. The number of rotatable bonds is 2. The lowest BCUT2D eigenvalue weighted by Crippen LogP contribution is -1.79. The zero-order valence-electron chi connectivity index (χ0n) is 7.33. The predicted octanol–water partition coefficient (Wildman–Crippen LogP) is 3.10. The fourth-order valence-electron chi connectivity index (χ4n) is 0.280. The summed E-state index contributed by atoms with van der Waals surface area (Å²) in [6, 6.07) is 0. The maximum absolute atomic E-state index is 8.75. The van der Waals surface area contributed by atoms with Crippen molar-refractivity contribution in [1.82, 2.24) is 0 Å². The third kappa shape index (κ3) is 8.82. The van der Waals surface area contributed by atoms with E-state index in [4.69, 9.17) is 10.2 Å². The molecule has 0 atom stereocenters. The molecule has 64 valence electrons. The van der Waals surface area contributed by atoms with Crippen molar-refractivity contribution in [3.05, 3.63) is 36.3 Å². The molecule has 0 bridgehead atoms. The van der Waals surface area contributed by atoms with Crippen LogP contribution >= 0.6 is 0 Å². The second-order valence-electron chi connectivity index (χ2n) is 1.57. The molecular weight excluding hydrogens is 140 g/mol. The van der Waals surface area contributed by atoms with Crippen LogP contribution in [0, 0.1) is 0 Å². The molecular formula is C9H16O2. The van der Waals surface area contributed by atoms with Crippen molar-refractivity contribution in [3.8, 4) is 0 Å². The van der Waals surface area contributed by atoms with Crippen LogP contribution in [0.5, 0.6) is 0 Å². The minimum absolute atomic E-state index is 0.0897. The Labute approximate surface area is 68.2 Å². The van der Waals surface area contributed by atoms with Gasteiger partial charge in [-0.1, -0.05) is 32.6 Å². The van der Waals surface area contributed by atoms with Crippen molar-refractivity contribution in [1.29, 1.82) is 0 Å². The molecule has 0 aromatic rings. The van der Waals surface area contributed by atoms with E-state index < -0.39 is 0 Å². The van der Waals surface area contributed by atoms with Gasteiger partial charge in [0.05, 0.1) is 0 Å². The summed E-state index contributed by atoms with van der Waals surface area (Å²) in [5.41, 5.74) is 0. The van der Waals surface area contributed by atoms with Gasteiger partial charge in [-0.25, -0.2) is 0 Å². The van der Waals surface area contributed by atoms with Crippen LogP contribution in [0.3, 0.4) is 0 Å². The largest absolute Gasteiger partial charge is 0.509 e.